The lowest BCUT2D eigenvalue weighted by atomic mass is 9.90. The number of hydrogen-bond acceptors (Lipinski definition) is 4. The number of hydrogen-bond donors (Lipinski definition) is 0. The molecule has 1 saturated carbocycles. The first-order valence-corrected chi connectivity index (χ1v) is 12.6. The predicted octanol–water partition coefficient (Wildman–Crippen LogP) is 4.93. The Bertz CT molecular complexity index is 948. The van der Waals surface area contributed by atoms with Gasteiger partial charge in [0.1, 0.15) is 17.6 Å². The minimum atomic E-state index is -0.142. The number of para-hydroxylation sites is 2. The fraction of sp³-hybridized carbons (Fsp3) is 0.500. The van der Waals surface area contributed by atoms with Gasteiger partial charge in [-0.05, 0) is 56.4 Å². The van der Waals surface area contributed by atoms with Gasteiger partial charge in [0, 0.05) is 20.1 Å². The molecule has 1 aliphatic heterocycles. The highest BCUT2D eigenvalue weighted by molar-refractivity contribution is 5.96. The molecule has 0 radical (unpaired) electrons. The zero-order chi connectivity index (χ0) is 23.8. The lowest BCUT2D eigenvalue weighted by Gasteiger charge is -2.40. The van der Waals surface area contributed by atoms with Crippen molar-refractivity contribution in [1.29, 1.82) is 0 Å². The molecule has 2 aromatic carbocycles. The average molecular weight is 465 g/mol. The zero-order valence-electron chi connectivity index (χ0n) is 20.2. The number of benzene rings is 2. The Balaban J connectivity index is 1.57. The van der Waals surface area contributed by atoms with E-state index in [9.17, 15) is 9.59 Å². The van der Waals surface area contributed by atoms with Crippen molar-refractivity contribution in [2.24, 2.45) is 0 Å². The van der Waals surface area contributed by atoms with E-state index >= 15 is 0 Å². The summed E-state index contributed by atoms with van der Waals surface area (Å²) in [7, 11) is 1.86. The molecule has 0 unspecified atom stereocenters. The third-order valence-corrected chi connectivity index (χ3v) is 6.88. The number of amides is 2. The van der Waals surface area contributed by atoms with Crippen LogP contribution < -0.4 is 9.47 Å². The molecule has 0 spiro atoms. The van der Waals surface area contributed by atoms with Crippen molar-refractivity contribution in [3.63, 3.8) is 0 Å². The third kappa shape index (κ3) is 6.10. The maximum Gasteiger partial charge on any atom is 0.260 e. The first-order chi connectivity index (χ1) is 16.6. The second-order valence-corrected chi connectivity index (χ2v) is 9.33. The minimum Gasteiger partial charge on any atom is -0.487 e. The Labute approximate surface area is 202 Å². The van der Waals surface area contributed by atoms with E-state index in [1.165, 1.54) is 0 Å². The van der Waals surface area contributed by atoms with Gasteiger partial charge in [-0.3, -0.25) is 9.59 Å². The molecule has 182 valence electrons. The van der Waals surface area contributed by atoms with Crippen molar-refractivity contribution in [3.05, 3.63) is 60.2 Å². The van der Waals surface area contributed by atoms with E-state index < -0.39 is 0 Å². The Hall–Kier alpha value is -3.02. The van der Waals surface area contributed by atoms with E-state index in [0.717, 1.165) is 51.4 Å². The second kappa shape index (κ2) is 11.9. The van der Waals surface area contributed by atoms with Crippen LogP contribution in [0.3, 0.4) is 0 Å². The topological polar surface area (TPSA) is 59.1 Å². The number of ether oxygens (including phenoxy) is 2. The first kappa shape index (κ1) is 24.1. The van der Waals surface area contributed by atoms with Gasteiger partial charge in [0.05, 0.1) is 11.6 Å². The average Bonchev–Trinajstić information content (AvgIpc) is 2.87. The van der Waals surface area contributed by atoms with Gasteiger partial charge >= 0.3 is 0 Å². The van der Waals surface area contributed by atoms with E-state index in [0.29, 0.717) is 30.2 Å². The summed E-state index contributed by atoms with van der Waals surface area (Å²) < 4.78 is 12.3. The largest absolute Gasteiger partial charge is 0.487 e. The van der Waals surface area contributed by atoms with Gasteiger partial charge in [-0.25, -0.2) is 0 Å². The molecule has 2 amide bonds. The summed E-state index contributed by atoms with van der Waals surface area (Å²) >= 11 is 0. The van der Waals surface area contributed by atoms with Crippen LogP contribution >= 0.6 is 0 Å². The Kier molecular flexibility index (Phi) is 8.45. The van der Waals surface area contributed by atoms with Crippen LogP contribution in [-0.2, 0) is 4.79 Å². The predicted molar refractivity (Wildman–Crippen MR) is 132 cm³/mol. The summed E-state index contributed by atoms with van der Waals surface area (Å²) in [6, 6.07) is 17.0. The van der Waals surface area contributed by atoms with Crippen molar-refractivity contribution in [3.8, 4) is 11.5 Å². The SMILES string of the molecule is CN1CCCCCCN(C(=O)COc2ccccc2)[C@@H]2CCCC[C@@H]2Oc2ccccc2C1=O. The number of nitrogens with zero attached hydrogens (tertiary/aromatic N) is 2. The molecule has 1 fully saturated rings. The van der Waals surface area contributed by atoms with E-state index in [2.05, 4.69) is 0 Å². The monoisotopic (exact) mass is 464 g/mol. The number of carbonyl (C=O) groups excluding carboxylic acids is 2. The summed E-state index contributed by atoms with van der Waals surface area (Å²) in [6.07, 6.45) is 7.70. The molecule has 0 aromatic heterocycles. The number of carbonyl (C=O) groups is 2. The molecule has 0 N–H and O–H groups in total. The molecule has 6 nitrogen and oxygen atoms in total. The Morgan fingerprint density at radius 3 is 2.44 bits per heavy atom. The molecule has 2 atom stereocenters. The third-order valence-electron chi connectivity index (χ3n) is 6.88. The van der Waals surface area contributed by atoms with Crippen LogP contribution in [0, 0.1) is 0 Å². The van der Waals surface area contributed by atoms with Gasteiger partial charge in [0.2, 0.25) is 0 Å². The van der Waals surface area contributed by atoms with Gasteiger partial charge in [-0.1, -0.05) is 49.6 Å². The number of fused-ring (bicyclic) bond motifs is 2. The van der Waals surface area contributed by atoms with Gasteiger partial charge in [-0.2, -0.15) is 0 Å². The maximum absolute atomic E-state index is 13.4. The molecule has 1 aliphatic carbocycles. The molecule has 4 rings (SSSR count). The molecule has 2 aromatic rings. The van der Waals surface area contributed by atoms with E-state index in [4.69, 9.17) is 9.47 Å². The van der Waals surface area contributed by atoms with Gasteiger partial charge in [0.25, 0.3) is 11.8 Å². The summed E-state index contributed by atoms with van der Waals surface area (Å²) in [5.74, 6) is 1.30. The lowest BCUT2D eigenvalue weighted by Crippen LogP contribution is -2.52. The summed E-state index contributed by atoms with van der Waals surface area (Å²) in [5, 5.41) is 0. The Morgan fingerprint density at radius 1 is 0.912 bits per heavy atom. The molecule has 6 heteroatoms. The Morgan fingerprint density at radius 2 is 1.62 bits per heavy atom. The highest BCUT2D eigenvalue weighted by Crippen LogP contribution is 2.30. The van der Waals surface area contributed by atoms with E-state index in [1.807, 2.05) is 66.5 Å². The van der Waals surface area contributed by atoms with Crippen LogP contribution in [0.4, 0.5) is 0 Å². The molecular formula is C28H36N2O4. The van der Waals surface area contributed by atoms with Crippen molar-refractivity contribution in [1.82, 2.24) is 9.80 Å². The number of rotatable bonds is 3. The van der Waals surface area contributed by atoms with Crippen molar-refractivity contribution < 1.29 is 19.1 Å². The van der Waals surface area contributed by atoms with Crippen LogP contribution in [0.5, 0.6) is 11.5 Å². The van der Waals surface area contributed by atoms with E-state index in [1.54, 1.807) is 4.90 Å². The van der Waals surface area contributed by atoms with Crippen molar-refractivity contribution in [2.45, 2.75) is 63.5 Å². The van der Waals surface area contributed by atoms with Crippen molar-refractivity contribution >= 4 is 11.8 Å². The highest BCUT2D eigenvalue weighted by atomic mass is 16.5. The lowest BCUT2D eigenvalue weighted by molar-refractivity contribution is -0.139. The van der Waals surface area contributed by atoms with Crippen LogP contribution in [0.2, 0.25) is 0 Å². The molecule has 1 heterocycles. The van der Waals surface area contributed by atoms with Crippen LogP contribution in [0.15, 0.2) is 54.6 Å². The minimum absolute atomic E-state index is 0.000502. The van der Waals surface area contributed by atoms with Gasteiger partial charge < -0.3 is 19.3 Å². The van der Waals surface area contributed by atoms with Crippen LogP contribution in [-0.4, -0.2) is 60.5 Å². The molecular weight excluding hydrogens is 428 g/mol. The van der Waals surface area contributed by atoms with Crippen LogP contribution in [0.1, 0.15) is 61.7 Å². The van der Waals surface area contributed by atoms with Crippen molar-refractivity contribution in [2.75, 3.05) is 26.7 Å². The molecule has 34 heavy (non-hydrogen) atoms. The smallest absolute Gasteiger partial charge is 0.260 e. The molecule has 0 bridgehead atoms. The highest BCUT2D eigenvalue weighted by Gasteiger charge is 2.35. The first-order valence-electron chi connectivity index (χ1n) is 12.6. The normalized spacial score (nSPS) is 22.1. The summed E-state index contributed by atoms with van der Waals surface area (Å²) in [6.45, 7) is 1.44. The van der Waals surface area contributed by atoms with Gasteiger partial charge in [0.15, 0.2) is 6.61 Å². The fourth-order valence-electron chi connectivity index (χ4n) is 4.99. The molecule has 2 aliphatic rings. The fourth-order valence-corrected chi connectivity index (χ4v) is 4.99. The summed E-state index contributed by atoms with van der Waals surface area (Å²) in [4.78, 5) is 30.3. The van der Waals surface area contributed by atoms with Crippen LogP contribution in [0.25, 0.3) is 0 Å². The van der Waals surface area contributed by atoms with E-state index in [-0.39, 0.29) is 30.6 Å². The van der Waals surface area contributed by atoms with Gasteiger partial charge in [-0.15, -0.1) is 0 Å². The standard InChI is InChI=1S/C28H36N2O4/c1-29-19-11-2-3-12-20-30(27(31)21-33-22-13-5-4-6-14-22)24-16-8-10-18-26(24)34-25-17-9-7-15-23(25)28(29)32/h4-7,9,13-15,17,24,26H,2-3,8,10-12,16,18-21H2,1H3/t24-,26+/m1/s1. The quantitative estimate of drug-likeness (QED) is 0.646. The molecule has 0 saturated heterocycles. The zero-order valence-corrected chi connectivity index (χ0v) is 20.2. The second-order valence-electron chi connectivity index (χ2n) is 9.33. The maximum atomic E-state index is 13.4. The summed E-state index contributed by atoms with van der Waals surface area (Å²) in [5.41, 5.74) is 0.594.